The number of hydrogen-bond acceptors (Lipinski definition) is 4. The smallest absolute Gasteiger partial charge is 0.133 e. The van der Waals surface area contributed by atoms with Crippen molar-refractivity contribution in [1.29, 1.82) is 0 Å². The highest BCUT2D eigenvalue weighted by molar-refractivity contribution is 9.10. The molecule has 0 saturated heterocycles. The number of nitrogens with zero attached hydrogens (tertiary/aromatic N) is 2. The largest absolute Gasteiger partial charge is 0.352 e. The van der Waals surface area contributed by atoms with Gasteiger partial charge < -0.3 is 10.2 Å². The predicted molar refractivity (Wildman–Crippen MR) is 93.0 cm³/mol. The molecular formula is C16H20BrN3S. The molecule has 0 unspecified atom stereocenters. The number of nitrogens with one attached hydrogen (secondary N) is 1. The average Bonchev–Trinajstić information content (AvgIpc) is 2.92. The van der Waals surface area contributed by atoms with Gasteiger partial charge in [0, 0.05) is 46.8 Å². The van der Waals surface area contributed by atoms with E-state index in [0.717, 1.165) is 36.3 Å². The van der Waals surface area contributed by atoms with Gasteiger partial charge >= 0.3 is 0 Å². The Hall–Kier alpha value is -0.910. The SMILES string of the molecule is CC(C)NCc1cc(Br)cnc1N1CCc2sccc2C1. The molecule has 0 saturated carbocycles. The van der Waals surface area contributed by atoms with Crippen molar-refractivity contribution >= 4 is 33.1 Å². The number of halogens is 1. The van der Waals surface area contributed by atoms with Gasteiger partial charge in [-0.15, -0.1) is 11.3 Å². The maximum Gasteiger partial charge on any atom is 0.133 e. The van der Waals surface area contributed by atoms with E-state index in [4.69, 9.17) is 0 Å². The normalized spacial score (nSPS) is 14.6. The van der Waals surface area contributed by atoms with E-state index in [1.54, 1.807) is 0 Å². The van der Waals surface area contributed by atoms with Gasteiger partial charge in [0.2, 0.25) is 0 Å². The molecule has 0 aromatic carbocycles. The molecule has 112 valence electrons. The number of anilines is 1. The number of hydrogen-bond donors (Lipinski definition) is 1. The van der Waals surface area contributed by atoms with Gasteiger partial charge in [-0.3, -0.25) is 0 Å². The zero-order valence-electron chi connectivity index (χ0n) is 12.4. The highest BCUT2D eigenvalue weighted by Crippen LogP contribution is 2.29. The zero-order chi connectivity index (χ0) is 14.8. The second-order valence-electron chi connectivity index (χ2n) is 5.71. The van der Waals surface area contributed by atoms with Crippen LogP contribution in [-0.4, -0.2) is 17.6 Å². The Morgan fingerprint density at radius 1 is 1.48 bits per heavy atom. The van der Waals surface area contributed by atoms with Crippen molar-refractivity contribution in [2.75, 3.05) is 11.4 Å². The molecule has 5 heteroatoms. The van der Waals surface area contributed by atoms with Gasteiger partial charge in [-0.2, -0.15) is 0 Å². The van der Waals surface area contributed by atoms with E-state index < -0.39 is 0 Å². The van der Waals surface area contributed by atoms with E-state index >= 15 is 0 Å². The fourth-order valence-electron chi connectivity index (χ4n) is 2.63. The maximum atomic E-state index is 4.68. The number of aromatic nitrogens is 1. The minimum Gasteiger partial charge on any atom is -0.352 e. The Morgan fingerprint density at radius 2 is 2.33 bits per heavy atom. The lowest BCUT2D eigenvalue weighted by molar-refractivity contribution is 0.585. The Balaban J connectivity index is 1.84. The third kappa shape index (κ3) is 3.47. The molecule has 3 rings (SSSR count). The van der Waals surface area contributed by atoms with Crippen LogP contribution in [0.3, 0.4) is 0 Å². The molecule has 0 amide bonds. The summed E-state index contributed by atoms with van der Waals surface area (Å²) < 4.78 is 1.04. The van der Waals surface area contributed by atoms with Gasteiger partial charge in [-0.25, -0.2) is 4.98 Å². The molecule has 0 radical (unpaired) electrons. The molecule has 0 fully saturated rings. The van der Waals surface area contributed by atoms with Gasteiger partial charge in [0.25, 0.3) is 0 Å². The molecule has 1 N–H and O–H groups in total. The summed E-state index contributed by atoms with van der Waals surface area (Å²) in [7, 11) is 0. The lowest BCUT2D eigenvalue weighted by Gasteiger charge is -2.30. The molecule has 1 aliphatic heterocycles. The van der Waals surface area contributed by atoms with Crippen LogP contribution in [0, 0.1) is 0 Å². The Morgan fingerprint density at radius 3 is 3.14 bits per heavy atom. The quantitative estimate of drug-likeness (QED) is 0.888. The summed E-state index contributed by atoms with van der Waals surface area (Å²) in [6.07, 6.45) is 3.03. The molecule has 3 nitrogen and oxygen atoms in total. The zero-order valence-corrected chi connectivity index (χ0v) is 14.8. The summed E-state index contributed by atoms with van der Waals surface area (Å²) in [5.41, 5.74) is 2.72. The van der Waals surface area contributed by atoms with E-state index in [9.17, 15) is 0 Å². The van der Waals surface area contributed by atoms with Crippen LogP contribution in [0.15, 0.2) is 28.2 Å². The van der Waals surface area contributed by atoms with Crippen molar-refractivity contribution in [3.63, 3.8) is 0 Å². The summed E-state index contributed by atoms with van der Waals surface area (Å²) in [6.45, 7) is 7.22. The van der Waals surface area contributed by atoms with Gasteiger partial charge in [0.1, 0.15) is 5.82 Å². The third-order valence-corrected chi connectivity index (χ3v) is 5.17. The van der Waals surface area contributed by atoms with Crippen LogP contribution in [0.1, 0.15) is 29.9 Å². The van der Waals surface area contributed by atoms with Crippen molar-refractivity contribution in [2.24, 2.45) is 0 Å². The van der Waals surface area contributed by atoms with Gasteiger partial charge in [0.15, 0.2) is 0 Å². The van der Waals surface area contributed by atoms with Crippen molar-refractivity contribution in [2.45, 2.75) is 39.4 Å². The number of rotatable bonds is 4. The fraction of sp³-hybridized carbons (Fsp3) is 0.438. The third-order valence-electron chi connectivity index (χ3n) is 3.72. The van der Waals surface area contributed by atoms with Crippen LogP contribution in [0.4, 0.5) is 5.82 Å². The molecule has 2 aromatic heterocycles. The molecule has 0 aliphatic carbocycles. The first-order chi connectivity index (χ1) is 10.1. The Kier molecular flexibility index (Phi) is 4.62. The lowest BCUT2D eigenvalue weighted by atomic mass is 10.1. The van der Waals surface area contributed by atoms with Crippen molar-refractivity contribution in [3.8, 4) is 0 Å². The standard InChI is InChI=1S/C16H20BrN3S/c1-11(2)18-8-13-7-14(17)9-19-16(13)20-5-3-15-12(10-20)4-6-21-15/h4,6-7,9,11,18H,3,5,8,10H2,1-2H3. The van der Waals surface area contributed by atoms with Crippen molar-refractivity contribution < 1.29 is 0 Å². The minimum atomic E-state index is 0.474. The van der Waals surface area contributed by atoms with Crippen LogP contribution in [0.25, 0.3) is 0 Å². The molecule has 21 heavy (non-hydrogen) atoms. The van der Waals surface area contributed by atoms with Crippen LogP contribution in [-0.2, 0) is 19.5 Å². The van der Waals surface area contributed by atoms with E-state index in [1.807, 2.05) is 17.5 Å². The maximum absolute atomic E-state index is 4.68. The number of fused-ring (bicyclic) bond motifs is 1. The van der Waals surface area contributed by atoms with Crippen LogP contribution >= 0.6 is 27.3 Å². The van der Waals surface area contributed by atoms with Gasteiger partial charge in [0.05, 0.1) is 0 Å². The van der Waals surface area contributed by atoms with Gasteiger partial charge in [-0.1, -0.05) is 13.8 Å². The summed E-state index contributed by atoms with van der Waals surface area (Å²) in [5, 5.41) is 5.70. The van der Waals surface area contributed by atoms with Crippen molar-refractivity contribution in [1.82, 2.24) is 10.3 Å². The van der Waals surface area contributed by atoms with Crippen LogP contribution < -0.4 is 10.2 Å². The van der Waals surface area contributed by atoms with Crippen LogP contribution in [0.5, 0.6) is 0 Å². The molecule has 0 spiro atoms. The molecule has 0 atom stereocenters. The second kappa shape index (κ2) is 6.46. The molecule has 0 bridgehead atoms. The summed E-state index contributed by atoms with van der Waals surface area (Å²) >= 11 is 5.42. The summed E-state index contributed by atoms with van der Waals surface area (Å²) in [4.78, 5) is 8.61. The first-order valence-corrected chi connectivity index (χ1v) is 8.98. The van der Waals surface area contributed by atoms with Crippen molar-refractivity contribution in [3.05, 3.63) is 44.2 Å². The van der Waals surface area contributed by atoms with E-state index in [1.165, 1.54) is 16.0 Å². The monoisotopic (exact) mass is 365 g/mol. The van der Waals surface area contributed by atoms with Gasteiger partial charge in [-0.05, 0) is 45.4 Å². The molecule has 1 aliphatic rings. The van der Waals surface area contributed by atoms with E-state index in [0.29, 0.717) is 6.04 Å². The fourth-order valence-corrected chi connectivity index (χ4v) is 3.90. The summed E-state index contributed by atoms with van der Waals surface area (Å²) in [5.74, 6) is 1.11. The lowest BCUT2D eigenvalue weighted by Crippen LogP contribution is -2.32. The molecule has 3 heterocycles. The Labute approximate surface area is 138 Å². The number of thiophene rings is 1. The van der Waals surface area contributed by atoms with E-state index in [-0.39, 0.29) is 0 Å². The predicted octanol–water partition coefficient (Wildman–Crippen LogP) is 3.97. The van der Waals surface area contributed by atoms with Crippen LogP contribution in [0.2, 0.25) is 0 Å². The minimum absolute atomic E-state index is 0.474. The first kappa shape index (κ1) is 15.0. The van der Waals surface area contributed by atoms with E-state index in [2.05, 4.69) is 62.5 Å². The second-order valence-corrected chi connectivity index (χ2v) is 7.63. The highest BCUT2D eigenvalue weighted by Gasteiger charge is 2.20. The summed E-state index contributed by atoms with van der Waals surface area (Å²) in [6, 6.07) is 4.90. The Bertz CT molecular complexity index is 624. The average molecular weight is 366 g/mol. The molecular weight excluding hydrogens is 346 g/mol. The number of pyridine rings is 1. The first-order valence-electron chi connectivity index (χ1n) is 7.31. The highest BCUT2D eigenvalue weighted by atomic mass is 79.9. The molecule has 2 aromatic rings. The topological polar surface area (TPSA) is 28.2 Å².